The first kappa shape index (κ1) is 16.7. The second kappa shape index (κ2) is 7.27. The van der Waals surface area contributed by atoms with Crippen molar-refractivity contribution in [2.45, 2.75) is 13.0 Å². The fraction of sp³-hybridized carbons (Fsp3) is 0.389. The van der Waals surface area contributed by atoms with Crippen LogP contribution in [0.2, 0.25) is 0 Å². The van der Waals surface area contributed by atoms with E-state index in [0.717, 1.165) is 24.6 Å². The van der Waals surface area contributed by atoms with E-state index < -0.39 is 0 Å². The zero-order valence-electron chi connectivity index (χ0n) is 14.6. The summed E-state index contributed by atoms with van der Waals surface area (Å²) in [6, 6.07) is 7.33. The first-order chi connectivity index (χ1) is 12.7. The highest BCUT2D eigenvalue weighted by Gasteiger charge is 2.26. The van der Waals surface area contributed by atoms with E-state index in [9.17, 15) is 4.79 Å². The second-order valence-electron chi connectivity index (χ2n) is 6.27. The SMILES string of the molecule is Cc1ccc([C@@H](CNC(=O)c2cc3ncccn3n2)N2CCOCC2)o1. The van der Waals surface area contributed by atoms with Crippen molar-refractivity contribution in [2.75, 3.05) is 32.8 Å². The molecule has 26 heavy (non-hydrogen) atoms. The maximum Gasteiger partial charge on any atom is 0.271 e. The molecule has 3 aromatic heterocycles. The number of carbonyl (C=O) groups is 1. The van der Waals surface area contributed by atoms with Crippen LogP contribution >= 0.6 is 0 Å². The van der Waals surface area contributed by atoms with E-state index in [0.29, 0.717) is 31.1 Å². The van der Waals surface area contributed by atoms with Gasteiger partial charge in [0.1, 0.15) is 11.5 Å². The van der Waals surface area contributed by atoms with Gasteiger partial charge in [0.25, 0.3) is 5.91 Å². The number of fused-ring (bicyclic) bond motifs is 1. The zero-order chi connectivity index (χ0) is 17.9. The van der Waals surface area contributed by atoms with Crippen LogP contribution in [0.15, 0.2) is 41.1 Å². The number of carbonyl (C=O) groups excluding carboxylic acids is 1. The van der Waals surface area contributed by atoms with E-state index in [1.54, 1.807) is 29.0 Å². The second-order valence-corrected chi connectivity index (χ2v) is 6.27. The van der Waals surface area contributed by atoms with Crippen LogP contribution in [0.1, 0.15) is 28.1 Å². The van der Waals surface area contributed by atoms with Crippen LogP contribution < -0.4 is 5.32 Å². The number of morpholine rings is 1. The summed E-state index contributed by atoms with van der Waals surface area (Å²) in [7, 11) is 0. The molecule has 0 bridgehead atoms. The summed E-state index contributed by atoms with van der Waals surface area (Å²) in [4.78, 5) is 19.0. The van der Waals surface area contributed by atoms with Crippen LogP contribution in [-0.4, -0.2) is 58.3 Å². The van der Waals surface area contributed by atoms with Crippen LogP contribution in [0.4, 0.5) is 0 Å². The Morgan fingerprint density at radius 2 is 2.19 bits per heavy atom. The Morgan fingerprint density at radius 1 is 1.35 bits per heavy atom. The number of aromatic nitrogens is 3. The lowest BCUT2D eigenvalue weighted by Crippen LogP contribution is -2.43. The summed E-state index contributed by atoms with van der Waals surface area (Å²) in [5, 5.41) is 7.25. The smallest absolute Gasteiger partial charge is 0.271 e. The summed E-state index contributed by atoms with van der Waals surface area (Å²) in [5.74, 6) is 1.48. The molecule has 0 radical (unpaired) electrons. The standard InChI is InChI=1S/C18H21N5O3/c1-13-3-4-16(26-13)15(22-7-9-25-10-8-22)12-20-18(24)14-11-17-19-5-2-6-23(17)21-14/h2-6,11,15H,7-10,12H2,1H3,(H,20,24)/t15-/m1/s1. The van der Waals surface area contributed by atoms with Crippen molar-refractivity contribution in [3.8, 4) is 0 Å². The molecule has 4 heterocycles. The predicted molar refractivity (Wildman–Crippen MR) is 93.9 cm³/mol. The topological polar surface area (TPSA) is 84.9 Å². The maximum absolute atomic E-state index is 12.5. The molecule has 8 heteroatoms. The van der Waals surface area contributed by atoms with Gasteiger partial charge in [0.05, 0.1) is 19.3 Å². The fourth-order valence-corrected chi connectivity index (χ4v) is 3.15. The molecule has 1 N–H and O–H groups in total. The number of hydrogen-bond acceptors (Lipinski definition) is 6. The normalized spacial score (nSPS) is 16.7. The number of amides is 1. The van der Waals surface area contributed by atoms with Gasteiger partial charge in [-0.05, 0) is 25.1 Å². The summed E-state index contributed by atoms with van der Waals surface area (Å²) in [6.07, 6.45) is 3.44. The van der Waals surface area contributed by atoms with Crippen LogP contribution in [0.5, 0.6) is 0 Å². The minimum Gasteiger partial charge on any atom is -0.465 e. The average Bonchev–Trinajstić information content (AvgIpc) is 3.29. The van der Waals surface area contributed by atoms with E-state index in [1.165, 1.54) is 0 Å². The van der Waals surface area contributed by atoms with E-state index in [2.05, 4.69) is 20.3 Å². The van der Waals surface area contributed by atoms with E-state index >= 15 is 0 Å². The minimum atomic E-state index is -0.225. The molecule has 1 atom stereocenters. The van der Waals surface area contributed by atoms with Crippen molar-refractivity contribution in [1.29, 1.82) is 0 Å². The van der Waals surface area contributed by atoms with Crippen LogP contribution in [0.3, 0.4) is 0 Å². The molecule has 0 spiro atoms. The van der Waals surface area contributed by atoms with Crippen molar-refractivity contribution >= 4 is 11.6 Å². The van der Waals surface area contributed by atoms with Crippen molar-refractivity contribution in [2.24, 2.45) is 0 Å². The van der Waals surface area contributed by atoms with E-state index in [-0.39, 0.29) is 11.9 Å². The van der Waals surface area contributed by atoms with Gasteiger partial charge >= 0.3 is 0 Å². The molecule has 1 fully saturated rings. The van der Waals surface area contributed by atoms with Gasteiger partial charge in [-0.3, -0.25) is 9.69 Å². The number of furan rings is 1. The first-order valence-corrected chi connectivity index (χ1v) is 8.67. The quantitative estimate of drug-likeness (QED) is 0.745. The van der Waals surface area contributed by atoms with Gasteiger partial charge in [0.15, 0.2) is 11.3 Å². The molecule has 0 aromatic carbocycles. The van der Waals surface area contributed by atoms with Crippen molar-refractivity contribution < 1.29 is 13.9 Å². The molecule has 4 rings (SSSR count). The Balaban J connectivity index is 1.49. The van der Waals surface area contributed by atoms with Crippen molar-refractivity contribution in [3.63, 3.8) is 0 Å². The number of aryl methyl sites for hydroxylation is 1. The highest BCUT2D eigenvalue weighted by atomic mass is 16.5. The highest BCUT2D eigenvalue weighted by molar-refractivity contribution is 5.93. The summed E-state index contributed by atoms with van der Waals surface area (Å²) in [6.45, 7) is 5.33. The summed E-state index contributed by atoms with van der Waals surface area (Å²) >= 11 is 0. The molecule has 3 aromatic rings. The summed E-state index contributed by atoms with van der Waals surface area (Å²) < 4.78 is 12.8. The van der Waals surface area contributed by atoms with Crippen LogP contribution in [0, 0.1) is 6.92 Å². The van der Waals surface area contributed by atoms with Gasteiger partial charge in [0.2, 0.25) is 0 Å². The van der Waals surface area contributed by atoms with E-state index in [1.807, 2.05) is 19.1 Å². The van der Waals surface area contributed by atoms with Gasteiger partial charge < -0.3 is 14.5 Å². The number of hydrogen-bond donors (Lipinski definition) is 1. The third-order valence-electron chi connectivity index (χ3n) is 4.50. The third-order valence-corrected chi connectivity index (χ3v) is 4.50. The molecule has 0 unspecified atom stereocenters. The Hall–Kier alpha value is -2.71. The molecular formula is C18H21N5O3. The van der Waals surface area contributed by atoms with Crippen LogP contribution in [-0.2, 0) is 4.74 Å². The Bertz CT molecular complexity index is 864. The maximum atomic E-state index is 12.5. The van der Waals surface area contributed by atoms with Crippen LogP contribution in [0.25, 0.3) is 5.65 Å². The molecule has 1 saturated heterocycles. The lowest BCUT2D eigenvalue weighted by atomic mass is 10.1. The summed E-state index contributed by atoms with van der Waals surface area (Å²) in [5.41, 5.74) is 0.990. The Morgan fingerprint density at radius 3 is 2.92 bits per heavy atom. The number of nitrogens with one attached hydrogen (secondary N) is 1. The van der Waals surface area contributed by atoms with Crippen molar-refractivity contribution in [1.82, 2.24) is 24.8 Å². The number of rotatable bonds is 5. The molecule has 0 saturated carbocycles. The minimum absolute atomic E-state index is 0.0355. The molecule has 1 amide bonds. The lowest BCUT2D eigenvalue weighted by Gasteiger charge is -2.33. The fourth-order valence-electron chi connectivity index (χ4n) is 3.15. The molecule has 8 nitrogen and oxygen atoms in total. The van der Waals surface area contributed by atoms with Gasteiger partial charge in [-0.2, -0.15) is 5.10 Å². The third kappa shape index (κ3) is 3.47. The van der Waals surface area contributed by atoms with Gasteiger partial charge in [0, 0.05) is 38.1 Å². The molecular weight excluding hydrogens is 334 g/mol. The van der Waals surface area contributed by atoms with E-state index in [4.69, 9.17) is 9.15 Å². The van der Waals surface area contributed by atoms with Gasteiger partial charge in [-0.25, -0.2) is 9.50 Å². The average molecular weight is 355 g/mol. The molecule has 136 valence electrons. The number of ether oxygens (including phenoxy) is 1. The van der Waals surface area contributed by atoms with Gasteiger partial charge in [-0.1, -0.05) is 0 Å². The molecule has 1 aliphatic rings. The molecule has 0 aliphatic carbocycles. The highest BCUT2D eigenvalue weighted by Crippen LogP contribution is 2.23. The largest absolute Gasteiger partial charge is 0.465 e. The predicted octanol–water partition coefficient (Wildman–Crippen LogP) is 1.43. The first-order valence-electron chi connectivity index (χ1n) is 8.67. The molecule has 1 aliphatic heterocycles. The lowest BCUT2D eigenvalue weighted by molar-refractivity contribution is 0.0117. The Labute approximate surface area is 150 Å². The Kier molecular flexibility index (Phi) is 4.68. The van der Waals surface area contributed by atoms with Crippen molar-refractivity contribution in [3.05, 3.63) is 53.9 Å². The number of nitrogens with zero attached hydrogens (tertiary/aromatic N) is 4. The zero-order valence-corrected chi connectivity index (χ0v) is 14.6. The van der Waals surface area contributed by atoms with Gasteiger partial charge in [-0.15, -0.1) is 0 Å². The monoisotopic (exact) mass is 355 g/mol.